The topological polar surface area (TPSA) is 49.6 Å². The van der Waals surface area contributed by atoms with Crippen LogP contribution in [0.15, 0.2) is 36.7 Å². The minimum absolute atomic E-state index is 0.319. The number of hydrogen-bond donors (Lipinski definition) is 0. The van der Waals surface area contributed by atoms with Gasteiger partial charge in [-0.05, 0) is 12.1 Å². The maximum atomic E-state index is 8.86. The Labute approximate surface area is 92.0 Å². The first-order valence-corrected chi connectivity index (χ1v) is 4.66. The van der Waals surface area contributed by atoms with Gasteiger partial charge in [-0.25, -0.2) is 4.98 Å². The maximum Gasteiger partial charge on any atom is 0.166 e. The third-order valence-electron chi connectivity index (χ3n) is 1.92. The Kier molecular flexibility index (Phi) is 2.61. The highest BCUT2D eigenvalue weighted by Crippen LogP contribution is 2.20. The molecule has 1 aromatic carbocycles. The van der Waals surface area contributed by atoms with Gasteiger partial charge < -0.3 is 0 Å². The van der Waals surface area contributed by atoms with Crippen LogP contribution in [0.5, 0.6) is 0 Å². The summed E-state index contributed by atoms with van der Waals surface area (Å²) in [5.41, 5.74) is 1.74. The lowest BCUT2D eigenvalue weighted by Crippen LogP contribution is -1.91. The van der Waals surface area contributed by atoms with E-state index in [-0.39, 0.29) is 0 Å². The van der Waals surface area contributed by atoms with Crippen molar-refractivity contribution in [2.75, 3.05) is 0 Å². The maximum absolute atomic E-state index is 8.86. The largest absolute Gasteiger partial charge is 0.252 e. The van der Waals surface area contributed by atoms with Crippen LogP contribution in [-0.2, 0) is 0 Å². The van der Waals surface area contributed by atoms with Crippen molar-refractivity contribution in [2.24, 2.45) is 0 Å². The normalized spacial score (nSPS) is 9.60. The molecular weight excluding hydrogens is 210 g/mol. The molecule has 0 aliphatic rings. The summed E-state index contributed by atoms with van der Waals surface area (Å²) < 4.78 is 0. The van der Waals surface area contributed by atoms with E-state index in [1.807, 2.05) is 18.2 Å². The lowest BCUT2D eigenvalue weighted by Gasteiger charge is -2.01. The molecule has 0 unspecified atom stereocenters. The number of nitriles is 1. The van der Waals surface area contributed by atoms with E-state index in [1.54, 1.807) is 18.3 Å². The molecule has 0 radical (unpaired) electrons. The third-order valence-corrected chi connectivity index (χ3v) is 2.17. The van der Waals surface area contributed by atoms with E-state index in [9.17, 15) is 0 Å². The zero-order valence-corrected chi connectivity index (χ0v) is 8.44. The van der Waals surface area contributed by atoms with Gasteiger partial charge in [0.25, 0.3) is 0 Å². The molecule has 2 aromatic rings. The van der Waals surface area contributed by atoms with Gasteiger partial charge in [0.2, 0.25) is 0 Å². The van der Waals surface area contributed by atoms with Crippen molar-refractivity contribution in [3.63, 3.8) is 0 Å². The van der Waals surface area contributed by atoms with Crippen molar-refractivity contribution in [1.82, 2.24) is 9.97 Å². The van der Waals surface area contributed by atoms with E-state index >= 15 is 0 Å². The minimum Gasteiger partial charge on any atom is -0.252 e. The molecule has 0 atom stereocenters. The van der Waals surface area contributed by atoms with Crippen LogP contribution in [0.3, 0.4) is 0 Å². The second-order valence-electron chi connectivity index (χ2n) is 2.87. The van der Waals surface area contributed by atoms with Crippen molar-refractivity contribution >= 4 is 11.6 Å². The molecule has 0 bridgehead atoms. The van der Waals surface area contributed by atoms with Crippen molar-refractivity contribution in [3.05, 3.63) is 47.4 Å². The van der Waals surface area contributed by atoms with Crippen LogP contribution in [0.4, 0.5) is 0 Å². The van der Waals surface area contributed by atoms with Crippen molar-refractivity contribution in [3.8, 4) is 17.3 Å². The Morgan fingerprint density at radius 2 is 1.73 bits per heavy atom. The summed E-state index contributed by atoms with van der Waals surface area (Å²) in [7, 11) is 0. The second kappa shape index (κ2) is 4.07. The van der Waals surface area contributed by atoms with Gasteiger partial charge >= 0.3 is 0 Å². The minimum atomic E-state index is 0.319. The molecule has 0 fully saturated rings. The second-order valence-corrected chi connectivity index (χ2v) is 3.31. The van der Waals surface area contributed by atoms with Crippen LogP contribution in [0.1, 0.15) is 5.69 Å². The lowest BCUT2D eigenvalue weighted by atomic mass is 10.1. The van der Waals surface area contributed by atoms with E-state index in [2.05, 4.69) is 9.97 Å². The van der Waals surface area contributed by atoms with E-state index in [0.29, 0.717) is 16.4 Å². The average Bonchev–Trinajstić information content (AvgIpc) is 2.30. The quantitative estimate of drug-likeness (QED) is 0.735. The Morgan fingerprint density at radius 1 is 1.07 bits per heavy atom. The number of hydrogen-bond acceptors (Lipinski definition) is 3. The molecule has 15 heavy (non-hydrogen) atoms. The van der Waals surface area contributed by atoms with E-state index in [4.69, 9.17) is 16.9 Å². The van der Waals surface area contributed by atoms with Crippen LogP contribution in [0.2, 0.25) is 5.02 Å². The van der Waals surface area contributed by atoms with Crippen molar-refractivity contribution in [2.45, 2.75) is 0 Å². The fraction of sp³-hybridized carbons (Fsp3) is 0. The van der Waals surface area contributed by atoms with Gasteiger partial charge in [0, 0.05) is 23.0 Å². The summed E-state index contributed by atoms with van der Waals surface area (Å²) in [6, 6.07) is 9.14. The molecule has 0 saturated carbocycles. The van der Waals surface area contributed by atoms with Crippen LogP contribution in [0.25, 0.3) is 11.3 Å². The fourth-order valence-electron chi connectivity index (χ4n) is 1.24. The number of nitrogens with zero attached hydrogens (tertiary/aromatic N) is 3. The van der Waals surface area contributed by atoms with Gasteiger partial charge in [0.15, 0.2) is 5.69 Å². The Balaban J connectivity index is 2.55. The zero-order valence-electron chi connectivity index (χ0n) is 7.68. The summed E-state index contributed by atoms with van der Waals surface area (Å²) in [4.78, 5) is 8.06. The Morgan fingerprint density at radius 3 is 2.40 bits per heavy atom. The third kappa shape index (κ3) is 1.95. The lowest BCUT2D eigenvalue weighted by molar-refractivity contribution is 1.17. The molecule has 0 aliphatic heterocycles. The van der Waals surface area contributed by atoms with Crippen molar-refractivity contribution < 1.29 is 0 Å². The standard InChI is InChI=1S/C11H6ClN3/c12-9-3-1-8(2-4-9)11-10(7-13)14-5-6-15-11/h1-6H. The Hall–Kier alpha value is -1.92. The van der Waals surface area contributed by atoms with Gasteiger partial charge in [-0.3, -0.25) is 4.98 Å². The fourth-order valence-corrected chi connectivity index (χ4v) is 1.36. The summed E-state index contributed by atoms with van der Waals surface area (Å²) >= 11 is 5.77. The van der Waals surface area contributed by atoms with Gasteiger partial charge in [-0.2, -0.15) is 5.26 Å². The van der Waals surface area contributed by atoms with Crippen molar-refractivity contribution in [1.29, 1.82) is 5.26 Å². The van der Waals surface area contributed by atoms with Gasteiger partial charge in [0.05, 0.1) is 0 Å². The molecule has 4 heteroatoms. The Bertz CT molecular complexity index is 514. The first-order chi connectivity index (χ1) is 7.31. The molecule has 0 saturated heterocycles. The highest BCUT2D eigenvalue weighted by molar-refractivity contribution is 6.30. The molecule has 0 N–H and O–H groups in total. The molecule has 2 rings (SSSR count). The van der Waals surface area contributed by atoms with Gasteiger partial charge in [-0.15, -0.1) is 0 Å². The average molecular weight is 216 g/mol. The first-order valence-electron chi connectivity index (χ1n) is 4.28. The highest BCUT2D eigenvalue weighted by Gasteiger charge is 2.06. The van der Waals surface area contributed by atoms with E-state index < -0.39 is 0 Å². The predicted octanol–water partition coefficient (Wildman–Crippen LogP) is 2.67. The van der Waals surface area contributed by atoms with Crippen LogP contribution in [0, 0.1) is 11.3 Å². The monoisotopic (exact) mass is 215 g/mol. The highest BCUT2D eigenvalue weighted by atomic mass is 35.5. The molecule has 0 amide bonds. The summed E-state index contributed by atoms with van der Waals surface area (Å²) in [5.74, 6) is 0. The molecule has 0 spiro atoms. The molecule has 72 valence electrons. The van der Waals surface area contributed by atoms with Crippen LogP contribution >= 0.6 is 11.6 Å². The molecule has 0 aliphatic carbocycles. The zero-order chi connectivity index (χ0) is 10.7. The van der Waals surface area contributed by atoms with Gasteiger partial charge in [-0.1, -0.05) is 23.7 Å². The molecular formula is C11H6ClN3. The summed E-state index contributed by atoms with van der Waals surface area (Å²) in [5, 5.41) is 9.51. The smallest absolute Gasteiger partial charge is 0.166 e. The number of halogens is 1. The summed E-state index contributed by atoms with van der Waals surface area (Å²) in [6.45, 7) is 0. The number of benzene rings is 1. The molecule has 3 nitrogen and oxygen atoms in total. The van der Waals surface area contributed by atoms with E-state index in [1.165, 1.54) is 6.20 Å². The van der Waals surface area contributed by atoms with Crippen LogP contribution < -0.4 is 0 Å². The summed E-state index contributed by atoms with van der Waals surface area (Å²) in [6.07, 6.45) is 3.06. The molecule has 1 heterocycles. The first kappa shape index (κ1) is 9.63. The van der Waals surface area contributed by atoms with Gasteiger partial charge in [0.1, 0.15) is 11.8 Å². The molecule has 1 aromatic heterocycles. The van der Waals surface area contributed by atoms with Crippen LogP contribution in [-0.4, -0.2) is 9.97 Å². The number of rotatable bonds is 1. The van der Waals surface area contributed by atoms with E-state index in [0.717, 1.165) is 5.56 Å². The number of aromatic nitrogens is 2. The predicted molar refractivity (Wildman–Crippen MR) is 57.2 cm³/mol. The SMILES string of the molecule is N#Cc1nccnc1-c1ccc(Cl)cc1.